The molecule has 0 unspecified atom stereocenters. The van der Waals surface area contributed by atoms with Crippen LogP contribution in [0.1, 0.15) is 18.1 Å². The number of nitrogens with one attached hydrogen (secondary N) is 1. The number of nitrogens with zero attached hydrogens (tertiary/aromatic N) is 2. The predicted octanol–water partition coefficient (Wildman–Crippen LogP) is 6.24. The van der Waals surface area contributed by atoms with Crippen molar-refractivity contribution in [2.24, 2.45) is 0 Å². The molecule has 0 aliphatic carbocycles. The Bertz CT molecular complexity index is 1440. The summed E-state index contributed by atoms with van der Waals surface area (Å²) in [5, 5.41) is 2.40. The lowest BCUT2D eigenvalue weighted by atomic mass is 10.2. The molecule has 3 aromatic carbocycles. The monoisotopic (exact) mass is 517 g/mol. The number of rotatable bonds is 6. The molecule has 1 amide bonds. The SMILES string of the molecule is C[C@H](Sc1nc2ccccc2c(=O)n1Cc1ccccc1)C(=O)Nc1cc(C(F)(F)F)ccc1Cl. The summed E-state index contributed by atoms with van der Waals surface area (Å²) in [6.07, 6.45) is -4.58. The fourth-order valence-corrected chi connectivity index (χ4v) is 4.46. The first-order valence-electron chi connectivity index (χ1n) is 10.5. The summed E-state index contributed by atoms with van der Waals surface area (Å²) in [5.41, 5.74) is 0.0344. The maximum Gasteiger partial charge on any atom is 0.416 e. The summed E-state index contributed by atoms with van der Waals surface area (Å²) in [7, 11) is 0. The second kappa shape index (κ2) is 10.1. The largest absolute Gasteiger partial charge is 0.416 e. The van der Waals surface area contributed by atoms with E-state index >= 15 is 0 Å². The second-order valence-corrected chi connectivity index (χ2v) is 9.45. The van der Waals surface area contributed by atoms with Crippen LogP contribution in [0.2, 0.25) is 5.02 Å². The summed E-state index contributed by atoms with van der Waals surface area (Å²) in [5.74, 6) is -0.579. The lowest BCUT2D eigenvalue weighted by Crippen LogP contribution is -2.27. The third-order valence-electron chi connectivity index (χ3n) is 5.21. The van der Waals surface area contributed by atoms with Gasteiger partial charge in [0.25, 0.3) is 5.56 Å². The van der Waals surface area contributed by atoms with E-state index in [4.69, 9.17) is 11.6 Å². The highest BCUT2D eigenvalue weighted by molar-refractivity contribution is 8.00. The molecule has 0 aliphatic rings. The van der Waals surface area contributed by atoms with E-state index in [2.05, 4.69) is 10.3 Å². The fraction of sp³-hybridized carbons (Fsp3) is 0.160. The first kappa shape index (κ1) is 24.8. The molecule has 10 heteroatoms. The zero-order valence-corrected chi connectivity index (χ0v) is 19.9. The standard InChI is InChI=1S/C25H19ClF3N3O2S/c1-15(22(33)30-21-13-17(25(27,28)29)11-12-19(21)26)35-24-31-20-10-6-5-9-18(20)23(34)32(24)14-16-7-3-2-4-8-16/h2-13,15H,14H2,1H3,(H,30,33)/t15-/m0/s1. The van der Waals surface area contributed by atoms with Crippen molar-refractivity contribution in [2.75, 3.05) is 5.32 Å². The number of carbonyl (C=O) groups is 1. The van der Waals surface area contributed by atoms with Gasteiger partial charge >= 0.3 is 6.18 Å². The van der Waals surface area contributed by atoms with E-state index in [1.165, 1.54) is 4.57 Å². The van der Waals surface area contributed by atoms with Gasteiger partial charge in [-0.05, 0) is 42.8 Å². The molecule has 1 heterocycles. The van der Waals surface area contributed by atoms with Gasteiger partial charge in [0.05, 0.1) is 39.0 Å². The molecule has 35 heavy (non-hydrogen) atoms. The molecule has 180 valence electrons. The average molecular weight is 518 g/mol. The van der Waals surface area contributed by atoms with Crippen LogP contribution in [-0.4, -0.2) is 20.7 Å². The highest BCUT2D eigenvalue weighted by Gasteiger charge is 2.31. The summed E-state index contributed by atoms with van der Waals surface area (Å²) >= 11 is 7.05. The van der Waals surface area contributed by atoms with Crippen molar-refractivity contribution in [1.29, 1.82) is 0 Å². The molecule has 0 spiro atoms. The molecule has 5 nitrogen and oxygen atoms in total. The van der Waals surface area contributed by atoms with Gasteiger partial charge in [0.15, 0.2) is 5.16 Å². The number of amides is 1. The van der Waals surface area contributed by atoms with Crippen molar-refractivity contribution < 1.29 is 18.0 Å². The molecule has 0 saturated heterocycles. The number of halogens is 4. The van der Waals surface area contributed by atoms with Gasteiger partial charge in [-0.2, -0.15) is 13.2 Å². The van der Waals surface area contributed by atoms with Gasteiger partial charge in [0, 0.05) is 0 Å². The van der Waals surface area contributed by atoms with Crippen LogP contribution in [0.4, 0.5) is 18.9 Å². The number of fused-ring (bicyclic) bond motifs is 1. The van der Waals surface area contributed by atoms with Crippen LogP contribution in [0.5, 0.6) is 0 Å². The minimum absolute atomic E-state index is 0.0200. The smallest absolute Gasteiger partial charge is 0.324 e. The van der Waals surface area contributed by atoms with E-state index < -0.39 is 22.9 Å². The van der Waals surface area contributed by atoms with Crippen molar-refractivity contribution in [3.63, 3.8) is 0 Å². The van der Waals surface area contributed by atoms with Crippen LogP contribution < -0.4 is 10.9 Å². The molecule has 0 bridgehead atoms. The van der Waals surface area contributed by atoms with E-state index in [0.29, 0.717) is 16.1 Å². The maximum absolute atomic E-state index is 13.3. The molecular formula is C25H19ClF3N3O2S. The number of para-hydroxylation sites is 1. The van der Waals surface area contributed by atoms with Gasteiger partial charge in [-0.3, -0.25) is 14.2 Å². The molecule has 4 aromatic rings. The highest BCUT2D eigenvalue weighted by atomic mass is 35.5. The van der Waals surface area contributed by atoms with Crippen LogP contribution in [0, 0.1) is 0 Å². The molecule has 1 aromatic heterocycles. The molecule has 0 saturated carbocycles. The van der Waals surface area contributed by atoms with Crippen LogP contribution in [0.25, 0.3) is 10.9 Å². The zero-order chi connectivity index (χ0) is 25.2. The van der Waals surface area contributed by atoms with Gasteiger partial charge < -0.3 is 5.32 Å². The van der Waals surface area contributed by atoms with Gasteiger partial charge in [-0.15, -0.1) is 0 Å². The maximum atomic E-state index is 13.3. The number of alkyl halides is 3. The number of anilines is 1. The van der Waals surface area contributed by atoms with E-state index in [1.54, 1.807) is 31.2 Å². The van der Waals surface area contributed by atoms with Crippen molar-refractivity contribution in [3.8, 4) is 0 Å². The van der Waals surface area contributed by atoms with Gasteiger partial charge in [0.2, 0.25) is 5.91 Å². The van der Waals surface area contributed by atoms with Gasteiger partial charge in [-0.25, -0.2) is 4.98 Å². The molecule has 0 fully saturated rings. The number of hydrogen-bond donors (Lipinski definition) is 1. The normalized spacial score (nSPS) is 12.5. The minimum Gasteiger partial charge on any atom is -0.324 e. The molecule has 0 radical (unpaired) electrons. The third-order valence-corrected chi connectivity index (χ3v) is 6.63. The number of carbonyl (C=O) groups excluding carboxylic acids is 1. The fourth-order valence-electron chi connectivity index (χ4n) is 3.39. The van der Waals surface area contributed by atoms with Crippen molar-refractivity contribution in [3.05, 3.63) is 99.3 Å². The first-order chi connectivity index (χ1) is 16.6. The lowest BCUT2D eigenvalue weighted by Gasteiger charge is -2.17. The number of hydrogen-bond acceptors (Lipinski definition) is 4. The topological polar surface area (TPSA) is 64.0 Å². The summed E-state index contributed by atoms with van der Waals surface area (Å²) in [6, 6.07) is 19.0. The van der Waals surface area contributed by atoms with E-state index in [-0.39, 0.29) is 22.8 Å². The lowest BCUT2D eigenvalue weighted by molar-refractivity contribution is -0.137. The molecular weight excluding hydrogens is 499 g/mol. The van der Waals surface area contributed by atoms with Gasteiger partial charge in [0.1, 0.15) is 0 Å². The van der Waals surface area contributed by atoms with E-state index in [9.17, 15) is 22.8 Å². The molecule has 1 N–H and O–H groups in total. The first-order valence-corrected chi connectivity index (χ1v) is 11.8. The quantitative estimate of drug-likeness (QED) is 0.243. The van der Waals surface area contributed by atoms with E-state index in [1.807, 2.05) is 30.3 Å². The average Bonchev–Trinajstić information content (AvgIpc) is 2.82. The highest BCUT2D eigenvalue weighted by Crippen LogP contribution is 2.34. The van der Waals surface area contributed by atoms with Crippen LogP contribution in [0.3, 0.4) is 0 Å². The Morgan fingerprint density at radius 2 is 1.77 bits per heavy atom. The van der Waals surface area contributed by atoms with Crippen LogP contribution in [-0.2, 0) is 17.5 Å². The van der Waals surface area contributed by atoms with Crippen molar-refractivity contribution in [1.82, 2.24) is 9.55 Å². The number of benzene rings is 3. The summed E-state index contributed by atoms with van der Waals surface area (Å²) < 4.78 is 40.7. The van der Waals surface area contributed by atoms with Crippen LogP contribution >= 0.6 is 23.4 Å². The van der Waals surface area contributed by atoms with Crippen molar-refractivity contribution in [2.45, 2.75) is 30.1 Å². The summed E-state index contributed by atoms with van der Waals surface area (Å²) in [6.45, 7) is 1.82. The Kier molecular flexibility index (Phi) is 7.18. The second-order valence-electron chi connectivity index (χ2n) is 7.73. The Morgan fingerprint density at radius 1 is 1.09 bits per heavy atom. The van der Waals surface area contributed by atoms with Crippen LogP contribution in [0.15, 0.2) is 82.7 Å². The zero-order valence-electron chi connectivity index (χ0n) is 18.3. The third kappa shape index (κ3) is 5.68. The Balaban J connectivity index is 1.64. The van der Waals surface area contributed by atoms with E-state index in [0.717, 1.165) is 35.5 Å². The number of aromatic nitrogens is 2. The Hall–Kier alpha value is -3.30. The summed E-state index contributed by atoms with van der Waals surface area (Å²) in [4.78, 5) is 30.7. The molecule has 1 atom stereocenters. The Morgan fingerprint density at radius 3 is 2.49 bits per heavy atom. The minimum atomic E-state index is -4.58. The van der Waals surface area contributed by atoms with Gasteiger partial charge in [-0.1, -0.05) is 65.8 Å². The molecule has 4 rings (SSSR count). The molecule has 0 aliphatic heterocycles. The predicted molar refractivity (Wildman–Crippen MR) is 132 cm³/mol. The Labute approximate surface area is 207 Å². The number of thioether (sulfide) groups is 1. The van der Waals surface area contributed by atoms with Crippen molar-refractivity contribution >= 4 is 45.9 Å².